The average Bonchev–Trinajstić information content (AvgIpc) is 2.64. The maximum Gasteiger partial charge on any atom is 0.416 e. The molecular weight excluding hydrogens is 413 g/mol. The van der Waals surface area contributed by atoms with Crippen molar-refractivity contribution in [2.45, 2.75) is 30.8 Å². The number of amides is 1. The van der Waals surface area contributed by atoms with Gasteiger partial charge in [0.05, 0.1) is 5.56 Å². The molecule has 0 bridgehead atoms. The minimum Gasteiger partial charge on any atom is -0.315 e. The second-order valence-corrected chi connectivity index (χ2v) is 9.16. The number of carbonyl (C=O) groups is 1. The molecule has 0 saturated carbocycles. The molecule has 0 spiro atoms. The number of hydrogen-bond acceptors (Lipinski definition) is 5. The molecule has 1 atom stereocenters. The van der Waals surface area contributed by atoms with Crippen LogP contribution in [-0.2, 0) is 27.4 Å². The Morgan fingerprint density at radius 3 is 2.31 bits per heavy atom. The van der Waals surface area contributed by atoms with Gasteiger partial charge in [-0.25, -0.2) is 13.9 Å². The van der Waals surface area contributed by atoms with Gasteiger partial charge in [0.1, 0.15) is 0 Å². The molecule has 0 aliphatic rings. The van der Waals surface area contributed by atoms with Gasteiger partial charge in [-0.15, -0.1) is 0 Å². The van der Waals surface area contributed by atoms with Crippen molar-refractivity contribution < 1.29 is 31.6 Å². The molecule has 2 rings (SSSR count). The number of sulfone groups is 1. The number of pyridine rings is 1. The van der Waals surface area contributed by atoms with Crippen LogP contribution in [0.2, 0.25) is 0 Å². The van der Waals surface area contributed by atoms with Gasteiger partial charge in [0.25, 0.3) is 11.5 Å². The largest absolute Gasteiger partial charge is 0.416 e. The molecule has 29 heavy (non-hydrogen) atoms. The smallest absolute Gasteiger partial charge is 0.315 e. The first kappa shape index (κ1) is 22.6. The van der Waals surface area contributed by atoms with Crippen LogP contribution >= 0.6 is 0 Å². The van der Waals surface area contributed by atoms with Crippen LogP contribution in [-0.4, -0.2) is 35.1 Å². The summed E-state index contributed by atoms with van der Waals surface area (Å²) in [6.45, 7) is 0.953. The van der Waals surface area contributed by atoms with Crippen molar-refractivity contribution in [1.29, 1.82) is 0 Å². The number of hydrogen-bond donors (Lipinski definition) is 2. The third kappa shape index (κ3) is 4.85. The Kier molecular flexibility index (Phi) is 6.24. The molecule has 158 valence electrons. The third-order valence-corrected chi connectivity index (χ3v) is 6.78. The summed E-state index contributed by atoms with van der Waals surface area (Å²) < 4.78 is 61.7. The second-order valence-electron chi connectivity index (χ2n) is 6.72. The van der Waals surface area contributed by atoms with Crippen molar-refractivity contribution in [3.63, 3.8) is 0 Å². The summed E-state index contributed by atoms with van der Waals surface area (Å²) in [5, 5.41) is 8.81. The summed E-state index contributed by atoms with van der Waals surface area (Å²) in [4.78, 5) is 24.2. The van der Waals surface area contributed by atoms with E-state index in [2.05, 4.69) is 0 Å². The number of nitrogens with one attached hydrogen (secondary N) is 1. The topological polar surface area (TPSA) is 105 Å². The van der Waals surface area contributed by atoms with Crippen LogP contribution in [0.5, 0.6) is 0 Å². The Bertz CT molecular complexity index is 1080. The van der Waals surface area contributed by atoms with E-state index >= 15 is 0 Å². The Morgan fingerprint density at radius 2 is 1.79 bits per heavy atom. The van der Waals surface area contributed by atoms with Crippen LogP contribution in [0.3, 0.4) is 0 Å². The lowest BCUT2D eigenvalue weighted by Gasteiger charge is -2.25. The van der Waals surface area contributed by atoms with Crippen LogP contribution in [0.15, 0.2) is 47.4 Å². The minimum atomic E-state index is -4.52. The Hall–Kier alpha value is -2.66. The highest BCUT2D eigenvalue weighted by atomic mass is 32.2. The fourth-order valence-electron chi connectivity index (χ4n) is 2.67. The van der Waals surface area contributed by atoms with E-state index in [4.69, 9.17) is 5.21 Å². The maximum absolute atomic E-state index is 12.9. The van der Waals surface area contributed by atoms with Crippen molar-refractivity contribution >= 4 is 15.7 Å². The lowest BCUT2D eigenvalue weighted by atomic mass is 10.0. The van der Waals surface area contributed by atoms with Crippen LogP contribution in [0, 0.1) is 0 Å². The zero-order chi connectivity index (χ0) is 22.0. The summed E-state index contributed by atoms with van der Waals surface area (Å²) in [5.74, 6) is -1.13. The highest BCUT2D eigenvalue weighted by Gasteiger charge is 2.43. The second kappa shape index (κ2) is 7.99. The van der Waals surface area contributed by atoms with E-state index in [9.17, 15) is 31.2 Å². The lowest BCUT2D eigenvalue weighted by Crippen LogP contribution is -2.49. The minimum absolute atomic E-state index is 0.168. The number of nitrogens with zero attached hydrogens (tertiary/aromatic N) is 1. The Labute approximate surface area is 164 Å². The number of aryl methyl sites for hydroxylation is 1. The monoisotopic (exact) mass is 432 g/mol. The first-order valence-electron chi connectivity index (χ1n) is 8.32. The molecule has 1 heterocycles. The molecule has 1 unspecified atom stereocenters. The fraction of sp³-hybridized carbons (Fsp3) is 0.333. The molecule has 0 aliphatic carbocycles. The fourth-order valence-corrected chi connectivity index (χ4v) is 3.51. The van der Waals surface area contributed by atoms with Gasteiger partial charge >= 0.3 is 6.18 Å². The lowest BCUT2D eigenvalue weighted by molar-refractivity contribution is -0.137. The molecular formula is C18H19F3N2O5S. The molecule has 11 heteroatoms. The van der Waals surface area contributed by atoms with E-state index in [1.807, 2.05) is 0 Å². The zero-order valence-corrected chi connectivity index (χ0v) is 16.3. The first-order valence-corrected chi connectivity index (χ1v) is 10.2. The number of halogens is 3. The molecule has 0 aliphatic heterocycles. The van der Waals surface area contributed by atoms with E-state index < -0.39 is 37.8 Å². The summed E-state index contributed by atoms with van der Waals surface area (Å²) in [7, 11) is -3.92. The molecule has 1 amide bonds. The van der Waals surface area contributed by atoms with Gasteiger partial charge < -0.3 is 4.57 Å². The van der Waals surface area contributed by atoms with Gasteiger partial charge in [-0.2, -0.15) is 13.2 Å². The molecule has 7 nitrogen and oxygen atoms in total. The number of aromatic nitrogens is 1. The molecule has 2 N–H and O–H groups in total. The van der Waals surface area contributed by atoms with Crippen LogP contribution < -0.4 is 11.0 Å². The maximum atomic E-state index is 12.9. The van der Waals surface area contributed by atoms with Crippen molar-refractivity contribution in [3.8, 4) is 11.1 Å². The van der Waals surface area contributed by atoms with Crippen molar-refractivity contribution in [2.24, 2.45) is 0 Å². The van der Waals surface area contributed by atoms with Crippen molar-refractivity contribution in [2.75, 3.05) is 6.26 Å². The van der Waals surface area contributed by atoms with E-state index in [0.29, 0.717) is 0 Å². The van der Waals surface area contributed by atoms with Gasteiger partial charge in [0, 0.05) is 25.1 Å². The van der Waals surface area contributed by atoms with Gasteiger partial charge in [0.15, 0.2) is 14.6 Å². The molecule has 1 aromatic heterocycles. The van der Waals surface area contributed by atoms with Gasteiger partial charge in [-0.3, -0.25) is 14.8 Å². The number of alkyl halides is 3. The number of rotatable bonds is 6. The molecule has 0 radical (unpaired) electrons. The first-order chi connectivity index (χ1) is 13.3. The van der Waals surface area contributed by atoms with E-state index in [1.165, 1.54) is 29.9 Å². The summed E-state index contributed by atoms with van der Waals surface area (Å²) >= 11 is 0. The average molecular weight is 432 g/mol. The predicted octanol–water partition coefficient (Wildman–Crippen LogP) is 2.23. The van der Waals surface area contributed by atoms with Crippen LogP contribution in [0.1, 0.15) is 18.9 Å². The number of carbonyl (C=O) groups excluding carboxylic acids is 1. The molecule has 0 fully saturated rings. The summed E-state index contributed by atoms with van der Waals surface area (Å²) in [6.07, 6.45) is -2.69. The van der Waals surface area contributed by atoms with E-state index in [0.717, 1.165) is 35.9 Å². The van der Waals surface area contributed by atoms with Crippen LogP contribution in [0.4, 0.5) is 13.2 Å². The zero-order valence-electron chi connectivity index (χ0n) is 15.5. The Morgan fingerprint density at radius 1 is 1.17 bits per heavy atom. The number of hydroxylamine groups is 1. The highest BCUT2D eigenvalue weighted by molar-refractivity contribution is 7.92. The summed E-state index contributed by atoms with van der Waals surface area (Å²) in [6, 6.07) is 7.05. The molecule has 1 aromatic carbocycles. The SMILES string of the molecule is CC(CCn1ccc(-c2cccc(C(F)(F)F)c2)cc1=O)(C(=O)NO)S(C)(=O)=O. The standard InChI is InChI=1S/C18H19F3N2O5S/c1-17(16(25)22-26,29(2,27)28)7-9-23-8-6-13(11-15(23)24)12-4-3-5-14(10-12)18(19,20)21/h3-6,8,10-11,26H,7,9H2,1-2H3,(H,22,25). The predicted molar refractivity (Wildman–Crippen MR) is 98.9 cm³/mol. The number of benzene rings is 1. The highest BCUT2D eigenvalue weighted by Crippen LogP contribution is 2.31. The molecule has 0 saturated heterocycles. The van der Waals surface area contributed by atoms with Gasteiger partial charge in [0.2, 0.25) is 0 Å². The van der Waals surface area contributed by atoms with Crippen LogP contribution in [0.25, 0.3) is 11.1 Å². The van der Waals surface area contributed by atoms with E-state index in [1.54, 1.807) is 0 Å². The Balaban J connectivity index is 2.31. The molecule has 2 aromatic rings. The third-order valence-electron chi connectivity index (χ3n) is 4.75. The van der Waals surface area contributed by atoms with Gasteiger partial charge in [-0.1, -0.05) is 12.1 Å². The van der Waals surface area contributed by atoms with E-state index in [-0.39, 0.29) is 24.1 Å². The van der Waals surface area contributed by atoms with Crippen molar-refractivity contribution in [1.82, 2.24) is 10.0 Å². The quantitative estimate of drug-likeness (QED) is 0.538. The van der Waals surface area contributed by atoms with Crippen molar-refractivity contribution in [3.05, 3.63) is 58.5 Å². The summed E-state index contributed by atoms with van der Waals surface area (Å²) in [5.41, 5.74) is 0.341. The van der Waals surface area contributed by atoms with Gasteiger partial charge in [-0.05, 0) is 42.7 Å². The normalized spacial score (nSPS) is 14.3.